The van der Waals surface area contributed by atoms with Crippen molar-refractivity contribution < 1.29 is 4.79 Å². The van der Waals surface area contributed by atoms with Gasteiger partial charge in [-0.25, -0.2) is 19.5 Å². The molecule has 0 bridgehead atoms. The lowest BCUT2D eigenvalue weighted by Crippen LogP contribution is -2.44. The zero-order valence-corrected chi connectivity index (χ0v) is 18.2. The molecule has 3 aromatic heterocycles. The fourth-order valence-electron chi connectivity index (χ4n) is 4.65. The SMILES string of the molecule is Cc1ccc(N2N=C(C3CCC(CN)CC3)CC2NC(=O)c2cnn3cccnc23)nc1. The minimum Gasteiger partial charge on any atom is -0.330 e. The molecule has 0 saturated heterocycles. The molecule has 1 fully saturated rings. The van der Waals surface area contributed by atoms with Crippen LogP contribution in [0.2, 0.25) is 0 Å². The molecular formula is C23H28N8O. The minimum atomic E-state index is -0.307. The highest BCUT2D eigenvalue weighted by atomic mass is 16.2. The lowest BCUT2D eigenvalue weighted by atomic mass is 9.79. The van der Waals surface area contributed by atoms with Gasteiger partial charge in [-0.3, -0.25) is 4.79 Å². The van der Waals surface area contributed by atoms with Gasteiger partial charge in [0.1, 0.15) is 11.7 Å². The Bertz CT molecular complexity index is 1130. The van der Waals surface area contributed by atoms with Gasteiger partial charge in [-0.05, 0) is 68.7 Å². The predicted molar refractivity (Wildman–Crippen MR) is 122 cm³/mol. The van der Waals surface area contributed by atoms with Crippen molar-refractivity contribution in [1.29, 1.82) is 0 Å². The summed E-state index contributed by atoms with van der Waals surface area (Å²) in [7, 11) is 0. The Morgan fingerprint density at radius 3 is 2.78 bits per heavy atom. The second-order valence-corrected chi connectivity index (χ2v) is 8.72. The van der Waals surface area contributed by atoms with Gasteiger partial charge in [0.05, 0.1) is 6.20 Å². The molecule has 0 aromatic carbocycles. The third-order valence-electron chi connectivity index (χ3n) is 6.54. The Morgan fingerprint density at radius 2 is 2.03 bits per heavy atom. The van der Waals surface area contributed by atoms with Crippen LogP contribution in [-0.4, -0.2) is 43.9 Å². The molecule has 166 valence electrons. The number of carbonyl (C=O) groups excluding carboxylic acids is 1. The fraction of sp³-hybridized carbons (Fsp3) is 0.435. The van der Waals surface area contributed by atoms with Crippen molar-refractivity contribution >= 4 is 23.1 Å². The third-order valence-corrected chi connectivity index (χ3v) is 6.54. The maximum atomic E-state index is 13.2. The van der Waals surface area contributed by atoms with Crippen molar-refractivity contribution in [3.05, 3.63) is 54.1 Å². The van der Waals surface area contributed by atoms with Crippen LogP contribution >= 0.6 is 0 Å². The monoisotopic (exact) mass is 432 g/mol. The van der Waals surface area contributed by atoms with Crippen molar-refractivity contribution in [1.82, 2.24) is 24.9 Å². The third kappa shape index (κ3) is 3.95. The molecule has 3 N–H and O–H groups in total. The number of carbonyl (C=O) groups is 1. The molecule has 1 unspecified atom stereocenters. The minimum absolute atomic E-state index is 0.218. The van der Waals surface area contributed by atoms with E-state index in [1.165, 1.54) is 0 Å². The number of nitrogens with zero attached hydrogens (tertiary/aromatic N) is 6. The molecular weight excluding hydrogens is 404 g/mol. The quantitative estimate of drug-likeness (QED) is 0.640. The summed E-state index contributed by atoms with van der Waals surface area (Å²) < 4.78 is 1.60. The summed E-state index contributed by atoms with van der Waals surface area (Å²) in [6, 6.07) is 5.74. The Kier molecular flexibility index (Phi) is 5.57. The number of fused-ring (bicyclic) bond motifs is 1. The van der Waals surface area contributed by atoms with Crippen LogP contribution in [0.3, 0.4) is 0 Å². The van der Waals surface area contributed by atoms with Crippen LogP contribution in [0.25, 0.3) is 5.65 Å². The van der Waals surface area contributed by atoms with Crippen LogP contribution in [0.4, 0.5) is 5.82 Å². The topological polar surface area (TPSA) is 114 Å². The predicted octanol–water partition coefficient (Wildman–Crippen LogP) is 2.52. The normalized spacial score (nSPS) is 23.4. The summed E-state index contributed by atoms with van der Waals surface area (Å²) in [4.78, 5) is 22.0. The molecule has 4 heterocycles. The zero-order chi connectivity index (χ0) is 22.1. The second-order valence-electron chi connectivity index (χ2n) is 8.72. The molecule has 1 saturated carbocycles. The average molecular weight is 433 g/mol. The summed E-state index contributed by atoms with van der Waals surface area (Å²) in [6.45, 7) is 2.76. The summed E-state index contributed by atoms with van der Waals surface area (Å²) in [5.41, 5.74) is 9.05. The number of nitrogens with one attached hydrogen (secondary N) is 1. The molecule has 1 atom stereocenters. The number of aromatic nitrogens is 4. The molecule has 1 aliphatic heterocycles. The molecule has 0 radical (unpaired) electrons. The Hall–Kier alpha value is -3.33. The lowest BCUT2D eigenvalue weighted by molar-refractivity contribution is 0.0940. The van der Waals surface area contributed by atoms with E-state index in [0.717, 1.165) is 49.3 Å². The molecule has 2 aliphatic rings. The number of hydrazone groups is 1. The van der Waals surface area contributed by atoms with E-state index in [0.29, 0.717) is 29.5 Å². The number of aryl methyl sites for hydroxylation is 1. The van der Waals surface area contributed by atoms with Crippen LogP contribution in [0.5, 0.6) is 0 Å². The Labute approximate surface area is 186 Å². The molecule has 0 spiro atoms. The van der Waals surface area contributed by atoms with E-state index in [4.69, 9.17) is 10.8 Å². The summed E-state index contributed by atoms with van der Waals surface area (Å²) in [5.74, 6) is 1.54. The highest BCUT2D eigenvalue weighted by Gasteiger charge is 2.35. The van der Waals surface area contributed by atoms with Gasteiger partial charge < -0.3 is 11.1 Å². The first kappa shape index (κ1) is 20.6. The number of nitrogens with two attached hydrogens (primary N) is 1. The smallest absolute Gasteiger partial charge is 0.258 e. The number of hydrogen-bond donors (Lipinski definition) is 2. The van der Waals surface area contributed by atoms with E-state index < -0.39 is 0 Å². The van der Waals surface area contributed by atoms with Gasteiger partial charge in [-0.1, -0.05) is 6.07 Å². The van der Waals surface area contributed by atoms with Crippen molar-refractivity contribution in [3.8, 4) is 0 Å². The number of hydrogen-bond acceptors (Lipinski definition) is 7. The summed E-state index contributed by atoms with van der Waals surface area (Å²) in [5, 5.41) is 14.2. The number of rotatable bonds is 5. The van der Waals surface area contributed by atoms with Crippen molar-refractivity contribution in [2.75, 3.05) is 11.6 Å². The highest BCUT2D eigenvalue weighted by molar-refractivity contribution is 6.00. The van der Waals surface area contributed by atoms with Crippen LogP contribution in [0.15, 0.2) is 48.1 Å². The molecule has 5 rings (SSSR count). The van der Waals surface area contributed by atoms with E-state index in [2.05, 4.69) is 20.4 Å². The standard InChI is InChI=1S/C23H28N8O/c1-15-3-8-20(26-13-15)31-21(11-19(29-31)17-6-4-16(12-24)5-7-17)28-23(32)18-14-27-30-10-2-9-25-22(18)30/h2-3,8-10,13-14,16-17,21H,4-7,11-12,24H2,1H3,(H,28,32). The number of amides is 1. The van der Waals surface area contributed by atoms with Gasteiger partial charge >= 0.3 is 0 Å². The first-order valence-electron chi connectivity index (χ1n) is 11.2. The van der Waals surface area contributed by atoms with Crippen LogP contribution in [0.1, 0.15) is 48.0 Å². The summed E-state index contributed by atoms with van der Waals surface area (Å²) >= 11 is 0. The Morgan fingerprint density at radius 1 is 1.19 bits per heavy atom. The first-order valence-corrected chi connectivity index (χ1v) is 11.2. The van der Waals surface area contributed by atoms with E-state index >= 15 is 0 Å². The number of pyridine rings is 1. The van der Waals surface area contributed by atoms with E-state index in [-0.39, 0.29) is 12.1 Å². The van der Waals surface area contributed by atoms with E-state index in [1.54, 1.807) is 29.2 Å². The maximum absolute atomic E-state index is 13.2. The number of anilines is 1. The van der Waals surface area contributed by atoms with Gasteiger partial charge in [-0.15, -0.1) is 0 Å². The molecule has 9 nitrogen and oxygen atoms in total. The van der Waals surface area contributed by atoms with Gasteiger partial charge in [-0.2, -0.15) is 10.2 Å². The highest BCUT2D eigenvalue weighted by Crippen LogP contribution is 2.34. The molecule has 9 heteroatoms. The summed E-state index contributed by atoms with van der Waals surface area (Å²) in [6.07, 6.45) is 11.6. The second kappa shape index (κ2) is 8.66. The van der Waals surface area contributed by atoms with Crippen LogP contribution in [-0.2, 0) is 0 Å². The molecule has 1 amide bonds. The largest absolute Gasteiger partial charge is 0.330 e. The van der Waals surface area contributed by atoms with Gasteiger partial charge in [0.25, 0.3) is 5.91 Å². The maximum Gasteiger partial charge on any atom is 0.258 e. The van der Waals surface area contributed by atoms with Crippen LogP contribution in [0, 0.1) is 18.8 Å². The Balaban J connectivity index is 1.38. The fourth-order valence-corrected chi connectivity index (χ4v) is 4.65. The molecule has 3 aromatic rings. The van der Waals surface area contributed by atoms with Gasteiger partial charge in [0, 0.05) is 30.7 Å². The van der Waals surface area contributed by atoms with E-state index in [9.17, 15) is 4.79 Å². The van der Waals surface area contributed by atoms with Crippen molar-refractivity contribution in [2.24, 2.45) is 22.7 Å². The molecule has 32 heavy (non-hydrogen) atoms. The van der Waals surface area contributed by atoms with E-state index in [1.807, 2.05) is 30.3 Å². The average Bonchev–Trinajstić information content (AvgIpc) is 3.44. The van der Waals surface area contributed by atoms with Crippen LogP contribution < -0.4 is 16.1 Å². The lowest BCUT2D eigenvalue weighted by Gasteiger charge is -2.27. The first-order chi connectivity index (χ1) is 15.6. The van der Waals surface area contributed by atoms with Gasteiger partial charge in [0.15, 0.2) is 11.5 Å². The zero-order valence-electron chi connectivity index (χ0n) is 18.2. The molecule has 1 aliphatic carbocycles. The van der Waals surface area contributed by atoms with Crippen molar-refractivity contribution in [3.63, 3.8) is 0 Å². The van der Waals surface area contributed by atoms with Crippen molar-refractivity contribution in [2.45, 2.75) is 45.2 Å². The van der Waals surface area contributed by atoms with Gasteiger partial charge in [0.2, 0.25) is 0 Å².